The number of ketones is 1. The standard InChI is InChI=1S/C20H24N2O2S.2ClH/c23-15-14-21-10-12-22(13-11-21)16-19(24)18-8-4-5-9-20(18)25-17-6-2-1-3-7-17;;/h1-9,23H,10-16H2;2*1H. The molecule has 1 aliphatic rings. The SMILES string of the molecule is Cl.Cl.O=C(CN1CCN(CCO)CC1)c1ccccc1Sc1ccccc1. The monoisotopic (exact) mass is 428 g/mol. The van der Waals surface area contributed by atoms with E-state index in [1.165, 1.54) is 0 Å². The van der Waals surface area contributed by atoms with Gasteiger partial charge in [-0.15, -0.1) is 24.8 Å². The van der Waals surface area contributed by atoms with E-state index in [1.54, 1.807) is 11.8 Å². The summed E-state index contributed by atoms with van der Waals surface area (Å²) >= 11 is 1.64. The van der Waals surface area contributed by atoms with E-state index in [9.17, 15) is 4.79 Å². The fourth-order valence-corrected chi connectivity index (χ4v) is 3.99. The van der Waals surface area contributed by atoms with Crippen molar-refractivity contribution in [2.45, 2.75) is 9.79 Å². The van der Waals surface area contributed by atoms with Crippen LogP contribution in [0.4, 0.5) is 0 Å². The molecule has 1 heterocycles. The van der Waals surface area contributed by atoms with Crippen LogP contribution in [0.1, 0.15) is 10.4 Å². The smallest absolute Gasteiger partial charge is 0.177 e. The van der Waals surface area contributed by atoms with Gasteiger partial charge in [0.15, 0.2) is 5.78 Å². The fourth-order valence-electron chi connectivity index (χ4n) is 3.00. The number of rotatable bonds is 7. The molecule has 0 unspecified atom stereocenters. The third-order valence-electron chi connectivity index (χ3n) is 4.41. The normalized spacial score (nSPS) is 14.9. The predicted octanol–water partition coefficient (Wildman–Crippen LogP) is 3.47. The number of aliphatic hydroxyl groups excluding tert-OH is 1. The Morgan fingerprint density at radius 3 is 2.15 bits per heavy atom. The Bertz CT molecular complexity index is 695. The highest BCUT2D eigenvalue weighted by Gasteiger charge is 2.20. The van der Waals surface area contributed by atoms with Gasteiger partial charge in [0.2, 0.25) is 0 Å². The van der Waals surface area contributed by atoms with E-state index in [4.69, 9.17) is 5.11 Å². The Hall–Kier alpha value is -1.08. The van der Waals surface area contributed by atoms with Gasteiger partial charge >= 0.3 is 0 Å². The fraction of sp³-hybridized carbons (Fsp3) is 0.350. The van der Waals surface area contributed by atoms with Crippen molar-refractivity contribution in [3.05, 3.63) is 60.2 Å². The minimum Gasteiger partial charge on any atom is -0.395 e. The minimum absolute atomic E-state index is 0. The summed E-state index contributed by atoms with van der Waals surface area (Å²) in [5.41, 5.74) is 0.800. The molecule has 7 heteroatoms. The number of hydrogen-bond donors (Lipinski definition) is 1. The molecule has 0 aromatic heterocycles. The minimum atomic E-state index is 0. The van der Waals surface area contributed by atoms with Crippen molar-refractivity contribution >= 4 is 42.4 Å². The highest BCUT2D eigenvalue weighted by atomic mass is 35.5. The summed E-state index contributed by atoms with van der Waals surface area (Å²) in [7, 11) is 0. The molecule has 2 aromatic rings. The summed E-state index contributed by atoms with van der Waals surface area (Å²) in [6.45, 7) is 4.95. The van der Waals surface area contributed by atoms with Crippen molar-refractivity contribution in [2.24, 2.45) is 0 Å². The first-order valence-corrected chi connectivity index (χ1v) is 9.48. The highest BCUT2D eigenvalue weighted by Crippen LogP contribution is 2.30. The summed E-state index contributed by atoms with van der Waals surface area (Å²) < 4.78 is 0. The number of aliphatic hydroxyl groups is 1. The van der Waals surface area contributed by atoms with Crippen molar-refractivity contribution in [1.82, 2.24) is 9.80 Å². The highest BCUT2D eigenvalue weighted by molar-refractivity contribution is 7.99. The van der Waals surface area contributed by atoms with Gasteiger partial charge in [0, 0.05) is 48.1 Å². The van der Waals surface area contributed by atoms with Crippen molar-refractivity contribution in [3.8, 4) is 0 Å². The second-order valence-electron chi connectivity index (χ2n) is 6.18. The van der Waals surface area contributed by atoms with E-state index < -0.39 is 0 Å². The molecule has 27 heavy (non-hydrogen) atoms. The lowest BCUT2D eigenvalue weighted by atomic mass is 10.1. The van der Waals surface area contributed by atoms with Crippen LogP contribution >= 0.6 is 36.6 Å². The van der Waals surface area contributed by atoms with Crippen LogP contribution < -0.4 is 0 Å². The number of Topliss-reactive ketones (excluding diaryl/α,β-unsaturated/α-hetero) is 1. The van der Waals surface area contributed by atoms with Crippen molar-refractivity contribution in [2.75, 3.05) is 45.9 Å². The van der Waals surface area contributed by atoms with Crippen LogP contribution in [0.2, 0.25) is 0 Å². The molecular formula is C20H26Cl2N2O2S. The molecule has 0 aliphatic carbocycles. The summed E-state index contributed by atoms with van der Waals surface area (Å²) in [4.78, 5) is 19.4. The van der Waals surface area contributed by atoms with Crippen molar-refractivity contribution in [1.29, 1.82) is 0 Å². The average molecular weight is 429 g/mol. The van der Waals surface area contributed by atoms with Crippen LogP contribution in [0.3, 0.4) is 0 Å². The lowest BCUT2D eigenvalue weighted by molar-refractivity contribution is 0.0820. The zero-order valence-electron chi connectivity index (χ0n) is 15.1. The van der Waals surface area contributed by atoms with E-state index in [0.29, 0.717) is 6.54 Å². The van der Waals surface area contributed by atoms with Crippen LogP contribution in [-0.2, 0) is 0 Å². The summed E-state index contributed by atoms with van der Waals surface area (Å²) in [5.74, 6) is 0.176. The molecule has 0 radical (unpaired) electrons. The van der Waals surface area contributed by atoms with E-state index >= 15 is 0 Å². The first kappa shape index (κ1) is 24.0. The number of piperazine rings is 1. The molecule has 0 amide bonds. The number of hydrogen-bond acceptors (Lipinski definition) is 5. The molecule has 0 saturated carbocycles. The summed E-state index contributed by atoms with van der Waals surface area (Å²) in [6.07, 6.45) is 0. The summed E-state index contributed by atoms with van der Waals surface area (Å²) in [5, 5.41) is 9.02. The van der Waals surface area contributed by atoms with Gasteiger partial charge in [-0.3, -0.25) is 14.6 Å². The number of benzene rings is 2. The van der Waals surface area contributed by atoms with Crippen LogP contribution in [0.25, 0.3) is 0 Å². The topological polar surface area (TPSA) is 43.8 Å². The quantitative estimate of drug-likeness (QED) is 0.683. The Morgan fingerprint density at radius 1 is 0.889 bits per heavy atom. The van der Waals surface area contributed by atoms with E-state index in [2.05, 4.69) is 21.9 Å². The number of nitrogens with zero attached hydrogens (tertiary/aromatic N) is 2. The van der Waals surface area contributed by atoms with E-state index in [0.717, 1.165) is 48.1 Å². The first-order chi connectivity index (χ1) is 12.3. The molecule has 1 aliphatic heterocycles. The average Bonchev–Trinajstić information content (AvgIpc) is 2.65. The zero-order chi connectivity index (χ0) is 17.5. The lowest BCUT2D eigenvalue weighted by Gasteiger charge is -2.33. The molecule has 2 aromatic carbocycles. The third-order valence-corrected chi connectivity index (χ3v) is 5.49. The molecular weight excluding hydrogens is 403 g/mol. The van der Waals surface area contributed by atoms with Gasteiger partial charge in [0.05, 0.1) is 13.2 Å². The van der Waals surface area contributed by atoms with Crippen LogP contribution in [-0.4, -0.2) is 66.6 Å². The number of halogens is 2. The summed E-state index contributed by atoms with van der Waals surface area (Å²) in [6, 6.07) is 18.0. The van der Waals surface area contributed by atoms with Gasteiger partial charge in [-0.05, 0) is 18.2 Å². The molecule has 3 rings (SSSR count). The third kappa shape index (κ3) is 7.11. The van der Waals surface area contributed by atoms with Crippen molar-refractivity contribution < 1.29 is 9.90 Å². The molecule has 4 nitrogen and oxygen atoms in total. The Morgan fingerprint density at radius 2 is 1.48 bits per heavy atom. The van der Waals surface area contributed by atoms with Crippen LogP contribution in [0.5, 0.6) is 0 Å². The van der Waals surface area contributed by atoms with Gasteiger partial charge < -0.3 is 5.11 Å². The Kier molecular flexibility index (Phi) is 11.0. The molecule has 1 fully saturated rings. The van der Waals surface area contributed by atoms with Crippen LogP contribution in [0.15, 0.2) is 64.4 Å². The molecule has 1 N–H and O–H groups in total. The maximum Gasteiger partial charge on any atom is 0.177 e. The molecule has 0 spiro atoms. The molecule has 0 atom stereocenters. The molecule has 0 bridgehead atoms. The number of carbonyl (C=O) groups is 1. The maximum atomic E-state index is 12.8. The van der Waals surface area contributed by atoms with Crippen LogP contribution in [0, 0.1) is 0 Å². The van der Waals surface area contributed by atoms with E-state index in [1.807, 2.05) is 42.5 Å². The van der Waals surface area contributed by atoms with Gasteiger partial charge in [-0.2, -0.15) is 0 Å². The second-order valence-corrected chi connectivity index (χ2v) is 7.29. The van der Waals surface area contributed by atoms with Crippen molar-refractivity contribution in [3.63, 3.8) is 0 Å². The van der Waals surface area contributed by atoms with Gasteiger partial charge in [-0.1, -0.05) is 48.2 Å². The van der Waals surface area contributed by atoms with E-state index in [-0.39, 0.29) is 37.2 Å². The predicted molar refractivity (Wildman–Crippen MR) is 116 cm³/mol. The largest absolute Gasteiger partial charge is 0.395 e. The Labute approximate surface area is 177 Å². The van der Waals surface area contributed by atoms with Gasteiger partial charge in [-0.25, -0.2) is 0 Å². The number of β-amino-alcohol motifs (C(OH)–C–C–N with tert-alkyl or cyclic N) is 1. The maximum absolute atomic E-state index is 12.8. The molecule has 148 valence electrons. The first-order valence-electron chi connectivity index (χ1n) is 8.67. The van der Waals surface area contributed by atoms with Gasteiger partial charge in [0.1, 0.15) is 0 Å². The lowest BCUT2D eigenvalue weighted by Crippen LogP contribution is -2.48. The van der Waals surface area contributed by atoms with Gasteiger partial charge in [0.25, 0.3) is 0 Å². The molecule has 1 saturated heterocycles. The zero-order valence-corrected chi connectivity index (χ0v) is 17.6. The number of carbonyl (C=O) groups excluding carboxylic acids is 1. The second kappa shape index (κ2) is 12.4. The Balaban J connectivity index is 0.00000182.